The molecule has 0 unspecified atom stereocenters. The number of pyridine rings is 1. The average molecular weight is 456 g/mol. The molecule has 0 bridgehead atoms. The predicted molar refractivity (Wildman–Crippen MR) is 130 cm³/mol. The fourth-order valence-electron chi connectivity index (χ4n) is 3.62. The summed E-state index contributed by atoms with van der Waals surface area (Å²) in [5.74, 6) is 0.0353. The first-order chi connectivity index (χ1) is 16.2. The van der Waals surface area contributed by atoms with E-state index in [4.69, 9.17) is 0 Å². The van der Waals surface area contributed by atoms with Gasteiger partial charge in [0.2, 0.25) is 11.8 Å². The Morgan fingerprint density at radius 2 is 1.76 bits per heavy atom. The number of nitrogens with one attached hydrogen (secondary N) is 1. The molecule has 5 rings (SSSR count). The van der Waals surface area contributed by atoms with Crippen molar-refractivity contribution in [3.63, 3.8) is 0 Å². The summed E-state index contributed by atoms with van der Waals surface area (Å²) in [6.07, 6.45) is 2.59. The van der Waals surface area contributed by atoms with Crippen LogP contribution in [0.3, 0.4) is 0 Å². The lowest BCUT2D eigenvalue weighted by atomic mass is 10.1. The summed E-state index contributed by atoms with van der Waals surface area (Å²) in [6.45, 7) is 0.541. The summed E-state index contributed by atoms with van der Waals surface area (Å²) in [7, 11) is 0. The molecule has 0 spiro atoms. The van der Waals surface area contributed by atoms with Gasteiger partial charge in [0.25, 0.3) is 0 Å². The largest absolute Gasteiger partial charge is 0.311 e. The third-order valence-corrected chi connectivity index (χ3v) is 6.42. The second-order valence-electron chi connectivity index (χ2n) is 7.65. The Kier molecular flexibility index (Phi) is 5.91. The summed E-state index contributed by atoms with van der Waals surface area (Å²) < 4.78 is 1.12. The van der Waals surface area contributed by atoms with Crippen LogP contribution in [0.25, 0.3) is 20.8 Å². The summed E-state index contributed by atoms with van der Waals surface area (Å²) in [6, 6.07) is 21.4. The maximum atomic E-state index is 12.5. The predicted octanol–water partition coefficient (Wildman–Crippen LogP) is 4.71. The number of hydrogen-bond donors (Lipinski definition) is 1. The Labute approximate surface area is 194 Å². The summed E-state index contributed by atoms with van der Waals surface area (Å²) in [5.41, 5.74) is 3.76. The molecule has 7 nitrogen and oxygen atoms in total. The zero-order chi connectivity index (χ0) is 22.6. The molecule has 8 heteroatoms. The molecule has 1 aliphatic rings. The molecule has 33 heavy (non-hydrogen) atoms. The van der Waals surface area contributed by atoms with Crippen molar-refractivity contribution in [2.75, 3.05) is 11.9 Å². The van der Waals surface area contributed by atoms with E-state index in [9.17, 15) is 9.59 Å². The van der Waals surface area contributed by atoms with Crippen LogP contribution in [0.4, 0.5) is 5.82 Å². The van der Waals surface area contributed by atoms with Crippen LogP contribution in [0, 0.1) is 0 Å². The highest BCUT2D eigenvalue weighted by Gasteiger charge is 2.22. The number of fused-ring (bicyclic) bond motifs is 1. The summed E-state index contributed by atoms with van der Waals surface area (Å²) in [5, 5.41) is 9.52. The maximum absolute atomic E-state index is 12.5. The molecule has 0 fully saturated rings. The van der Waals surface area contributed by atoms with Crippen LogP contribution in [0.1, 0.15) is 24.8 Å². The van der Waals surface area contributed by atoms with E-state index in [0.717, 1.165) is 32.1 Å². The smallest absolute Gasteiger partial charge is 0.243 e. The molecule has 0 atom stereocenters. The molecule has 0 aliphatic carbocycles. The van der Waals surface area contributed by atoms with Gasteiger partial charge >= 0.3 is 0 Å². The first-order valence-electron chi connectivity index (χ1n) is 10.7. The van der Waals surface area contributed by atoms with E-state index in [0.29, 0.717) is 18.8 Å². The molecular formula is C25H21N5O2S. The normalized spacial score (nSPS) is 13.2. The number of hydrazone groups is 1. The first kappa shape index (κ1) is 21.0. The number of benzene rings is 2. The number of para-hydroxylation sites is 1. The number of thiazole rings is 1. The molecule has 2 aromatic heterocycles. The minimum Gasteiger partial charge on any atom is -0.311 e. The van der Waals surface area contributed by atoms with Gasteiger partial charge in [-0.2, -0.15) is 5.10 Å². The van der Waals surface area contributed by atoms with Gasteiger partial charge in [0.1, 0.15) is 10.8 Å². The topological polar surface area (TPSA) is 87.5 Å². The fourth-order valence-corrected chi connectivity index (χ4v) is 4.57. The second kappa shape index (κ2) is 9.30. The Hall–Kier alpha value is -3.91. The number of nitrogens with zero attached hydrogens (tertiary/aromatic N) is 4. The lowest BCUT2D eigenvalue weighted by Crippen LogP contribution is -2.25. The van der Waals surface area contributed by atoms with E-state index < -0.39 is 0 Å². The van der Waals surface area contributed by atoms with Gasteiger partial charge in [-0.25, -0.2) is 15.0 Å². The molecule has 0 radical (unpaired) electrons. The van der Waals surface area contributed by atoms with Crippen LogP contribution >= 0.6 is 11.3 Å². The van der Waals surface area contributed by atoms with E-state index in [1.54, 1.807) is 23.6 Å². The fraction of sp³-hybridized carbons (Fsp3) is 0.160. The Balaban J connectivity index is 1.14. The Morgan fingerprint density at radius 3 is 2.55 bits per heavy atom. The molecule has 2 amide bonds. The maximum Gasteiger partial charge on any atom is 0.243 e. The number of rotatable bonds is 6. The van der Waals surface area contributed by atoms with E-state index in [1.807, 2.05) is 60.7 Å². The van der Waals surface area contributed by atoms with Crippen LogP contribution < -0.4 is 5.32 Å². The quantitative estimate of drug-likeness (QED) is 0.456. The van der Waals surface area contributed by atoms with Gasteiger partial charge in [0.05, 0.1) is 22.5 Å². The average Bonchev–Trinajstić information content (AvgIpc) is 3.51. The molecular weight excluding hydrogens is 434 g/mol. The molecule has 2 aromatic carbocycles. The van der Waals surface area contributed by atoms with Crippen LogP contribution in [0.15, 0.2) is 78.0 Å². The molecule has 0 saturated heterocycles. The third kappa shape index (κ3) is 4.80. The monoisotopic (exact) mass is 455 g/mol. The van der Waals surface area contributed by atoms with Gasteiger partial charge in [-0.1, -0.05) is 42.5 Å². The lowest BCUT2D eigenvalue weighted by Gasteiger charge is -2.11. The number of hydrogen-bond acceptors (Lipinski definition) is 6. The van der Waals surface area contributed by atoms with Crippen molar-refractivity contribution >= 4 is 44.9 Å². The number of carbonyl (C=O) groups is 2. The van der Waals surface area contributed by atoms with Crippen molar-refractivity contribution in [2.24, 2.45) is 5.10 Å². The standard InChI is InChI=1S/C25H21N5O2S/c31-23(12-13-24(32)30-15-14-19(29-30)17-6-2-1-3-7-17)28-22-11-10-18(16-26-22)25-27-20-8-4-5-9-21(20)33-25/h1-11,16H,12-15H2,(H,26,28,31). The second-order valence-corrected chi connectivity index (χ2v) is 8.68. The summed E-state index contributed by atoms with van der Waals surface area (Å²) >= 11 is 1.60. The van der Waals surface area contributed by atoms with Gasteiger partial charge in [0.15, 0.2) is 0 Å². The van der Waals surface area contributed by atoms with Crippen LogP contribution in [-0.4, -0.2) is 39.0 Å². The van der Waals surface area contributed by atoms with Gasteiger partial charge in [-0.3, -0.25) is 9.59 Å². The highest BCUT2D eigenvalue weighted by Crippen LogP contribution is 2.29. The molecule has 3 heterocycles. The van der Waals surface area contributed by atoms with Gasteiger partial charge in [-0.05, 0) is 29.8 Å². The number of aromatic nitrogens is 2. The van der Waals surface area contributed by atoms with Crippen LogP contribution in [0.2, 0.25) is 0 Å². The van der Waals surface area contributed by atoms with Crippen molar-refractivity contribution in [1.29, 1.82) is 0 Å². The highest BCUT2D eigenvalue weighted by molar-refractivity contribution is 7.21. The van der Waals surface area contributed by atoms with Crippen molar-refractivity contribution in [3.05, 3.63) is 78.5 Å². The van der Waals surface area contributed by atoms with E-state index in [-0.39, 0.29) is 24.7 Å². The molecule has 4 aromatic rings. The van der Waals surface area contributed by atoms with E-state index in [1.165, 1.54) is 5.01 Å². The van der Waals surface area contributed by atoms with Crippen molar-refractivity contribution < 1.29 is 9.59 Å². The molecule has 1 N–H and O–H groups in total. The Bertz CT molecular complexity index is 1300. The van der Waals surface area contributed by atoms with Crippen LogP contribution in [0.5, 0.6) is 0 Å². The SMILES string of the molecule is O=C(CCC(=O)N1CCC(c2ccccc2)=N1)Nc1ccc(-c2nc3ccccc3s2)cn1. The van der Waals surface area contributed by atoms with Crippen LogP contribution in [-0.2, 0) is 9.59 Å². The van der Waals surface area contributed by atoms with Crippen molar-refractivity contribution in [1.82, 2.24) is 15.0 Å². The van der Waals surface area contributed by atoms with E-state index >= 15 is 0 Å². The van der Waals surface area contributed by atoms with Crippen molar-refractivity contribution in [2.45, 2.75) is 19.3 Å². The third-order valence-electron chi connectivity index (χ3n) is 5.33. The number of carbonyl (C=O) groups excluding carboxylic acids is 2. The first-order valence-corrected chi connectivity index (χ1v) is 11.5. The summed E-state index contributed by atoms with van der Waals surface area (Å²) in [4.78, 5) is 33.7. The Morgan fingerprint density at radius 1 is 0.939 bits per heavy atom. The minimum absolute atomic E-state index is 0.0762. The zero-order valence-corrected chi connectivity index (χ0v) is 18.6. The van der Waals surface area contributed by atoms with Gasteiger partial charge < -0.3 is 5.32 Å². The number of anilines is 1. The lowest BCUT2D eigenvalue weighted by molar-refractivity contribution is -0.132. The number of amides is 2. The molecule has 164 valence electrons. The van der Waals surface area contributed by atoms with Gasteiger partial charge in [0, 0.05) is 31.0 Å². The molecule has 0 saturated carbocycles. The minimum atomic E-state index is -0.255. The molecule has 1 aliphatic heterocycles. The zero-order valence-electron chi connectivity index (χ0n) is 17.8. The van der Waals surface area contributed by atoms with E-state index in [2.05, 4.69) is 20.4 Å². The highest BCUT2D eigenvalue weighted by atomic mass is 32.1. The van der Waals surface area contributed by atoms with Gasteiger partial charge in [-0.15, -0.1) is 11.3 Å². The van der Waals surface area contributed by atoms with Crippen molar-refractivity contribution in [3.8, 4) is 10.6 Å².